The number of aromatic nitrogens is 1. The average Bonchev–Trinajstić information content (AvgIpc) is 2.73. The lowest BCUT2D eigenvalue weighted by Crippen LogP contribution is -2.41. The third-order valence-corrected chi connectivity index (χ3v) is 4.51. The third kappa shape index (κ3) is 3.45. The maximum absolute atomic E-state index is 12.3. The molecule has 1 saturated carbocycles. The summed E-state index contributed by atoms with van der Waals surface area (Å²) in [5.41, 5.74) is 0.267. The fourth-order valence-corrected chi connectivity index (χ4v) is 2.80. The van der Waals surface area contributed by atoms with E-state index in [0.29, 0.717) is 12.0 Å². The van der Waals surface area contributed by atoms with Crippen LogP contribution in [0.15, 0.2) is 12.3 Å². The standard InChI is InChI=1S/C14H16Cl3NO3/c1-18-8-9(6-10(18)12(20)14(15,16)17)11(19)7-13(21-2)4-3-5-13/h6,8H,3-5,7H2,1-2H3. The van der Waals surface area contributed by atoms with Crippen molar-refractivity contribution in [2.75, 3.05) is 7.11 Å². The summed E-state index contributed by atoms with van der Waals surface area (Å²) < 4.78 is 4.91. The smallest absolute Gasteiger partial charge is 0.255 e. The lowest BCUT2D eigenvalue weighted by Gasteiger charge is -2.39. The normalized spacial score (nSPS) is 17.4. The van der Waals surface area contributed by atoms with Crippen molar-refractivity contribution in [3.63, 3.8) is 0 Å². The molecular weight excluding hydrogens is 337 g/mol. The van der Waals surface area contributed by atoms with E-state index in [1.807, 2.05) is 0 Å². The van der Waals surface area contributed by atoms with Crippen LogP contribution in [0.2, 0.25) is 0 Å². The first-order valence-corrected chi connectivity index (χ1v) is 7.68. The van der Waals surface area contributed by atoms with E-state index in [1.54, 1.807) is 20.4 Å². The van der Waals surface area contributed by atoms with Crippen LogP contribution < -0.4 is 0 Å². The molecule has 1 aliphatic carbocycles. The molecule has 2 rings (SSSR count). The van der Waals surface area contributed by atoms with Crippen LogP contribution in [0.5, 0.6) is 0 Å². The zero-order valence-electron chi connectivity index (χ0n) is 11.8. The Morgan fingerprint density at radius 3 is 2.43 bits per heavy atom. The van der Waals surface area contributed by atoms with E-state index >= 15 is 0 Å². The highest BCUT2D eigenvalue weighted by Gasteiger charge is 2.40. The fourth-order valence-electron chi connectivity index (χ4n) is 2.51. The fraction of sp³-hybridized carbons (Fsp3) is 0.571. The van der Waals surface area contributed by atoms with Gasteiger partial charge in [-0.05, 0) is 25.3 Å². The number of ether oxygens (including phenoxy) is 1. The zero-order valence-corrected chi connectivity index (χ0v) is 14.1. The Labute approximate surface area is 138 Å². The molecule has 0 N–H and O–H groups in total. The van der Waals surface area contributed by atoms with Crippen LogP contribution in [-0.2, 0) is 11.8 Å². The summed E-state index contributed by atoms with van der Waals surface area (Å²) in [7, 11) is 3.26. The van der Waals surface area contributed by atoms with Gasteiger partial charge in [0.25, 0.3) is 3.79 Å². The summed E-state index contributed by atoms with van der Waals surface area (Å²) in [6.07, 6.45) is 4.69. The number of ketones is 2. The van der Waals surface area contributed by atoms with Gasteiger partial charge >= 0.3 is 0 Å². The van der Waals surface area contributed by atoms with Gasteiger partial charge in [-0.3, -0.25) is 9.59 Å². The molecule has 0 spiro atoms. The summed E-state index contributed by atoms with van der Waals surface area (Å²) >= 11 is 16.8. The number of alkyl halides is 3. The summed E-state index contributed by atoms with van der Waals surface area (Å²) in [4.78, 5) is 24.3. The minimum atomic E-state index is -2.03. The van der Waals surface area contributed by atoms with Crippen LogP contribution in [0.1, 0.15) is 46.5 Å². The summed E-state index contributed by atoms with van der Waals surface area (Å²) in [5.74, 6) is -0.727. The van der Waals surface area contributed by atoms with E-state index in [9.17, 15) is 9.59 Å². The van der Waals surface area contributed by atoms with Crippen LogP contribution >= 0.6 is 34.8 Å². The molecule has 0 bridgehead atoms. The van der Waals surface area contributed by atoms with E-state index in [2.05, 4.69) is 0 Å². The van der Waals surface area contributed by atoms with Crippen molar-refractivity contribution in [3.05, 3.63) is 23.5 Å². The van der Waals surface area contributed by atoms with Gasteiger partial charge in [-0.15, -0.1) is 0 Å². The molecule has 0 saturated heterocycles. The van der Waals surface area contributed by atoms with Gasteiger partial charge in [0.1, 0.15) is 0 Å². The Hall–Kier alpha value is -0.550. The number of halogens is 3. The maximum atomic E-state index is 12.3. The Kier molecular flexibility index (Phi) is 4.74. The molecule has 0 radical (unpaired) electrons. The van der Waals surface area contributed by atoms with Crippen molar-refractivity contribution in [2.45, 2.75) is 35.1 Å². The van der Waals surface area contributed by atoms with Crippen LogP contribution in [-0.4, -0.2) is 32.6 Å². The number of hydrogen-bond acceptors (Lipinski definition) is 3. The molecule has 0 aromatic carbocycles. The summed E-state index contributed by atoms with van der Waals surface area (Å²) in [6.45, 7) is 0. The van der Waals surface area contributed by atoms with Gasteiger partial charge in [0.15, 0.2) is 5.78 Å². The number of methoxy groups -OCH3 is 1. The summed E-state index contributed by atoms with van der Waals surface area (Å²) in [6, 6.07) is 1.47. The number of carbonyl (C=O) groups excluding carboxylic acids is 2. The highest BCUT2D eigenvalue weighted by Crippen LogP contribution is 2.39. The first kappa shape index (κ1) is 16.8. The van der Waals surface area contributed by atoms with Crippen LogP contribution in [0.4, 0.5) is 0 Å². The SMILES string of the molecule is COC1(CC(=O)c2cc(C(=O)C(Cl)(Cl)Cl)n(C)c2)CCC1. The zero-order chi connectivity index (χ0) is 15.8. The number of hydrogen-bond donors (Lipinski definition) is 0. The quantitative estimate of drug-likeness (QED) is 0.599. The molecule has 1 aliphatic rings. The van der Waals surface area contributed by atoms with Crippen LogP contribution in [0, 0.1) is 0 Å². The van der Waals surface area contributed by atoms with Crippen molar-refractivity contribution in [2.24, 2.45) is 7.05 Å². The molecule has 1 aromatic rings. The minimum absolute atomic E-state index is 0.0736. The van der Waals surface area contributed by atoms with Crippen LogP contribution in [0.25, 0.3) is 0 Å². The largest absolute Gasteiger partial charge is 0.378 e. The number of aryl methyl sites for hydroxylation is 1. The number of rotatable bonds is 5. The number of nitrogens with zero attached hydrogens (tertiary/aromatic N) is 1. The van der Waals surface area contributed by atoms with Gasteiger partial charge < -0.3 is 9.30 Å². The molecule has 21 heavy (non-hydrogen) atoms. The van der Waals surface area contributed by atoms with E-state index in [4.69, 9.17) is 39.5 Å². The van der Waals surface area contributed by atoms with Gasteiger partial charge in [0.2, 0.25) is 5.78 Å². The highest BCUT2D eigenvalue weighted by molar-refractivity contribution is 6.77. The van der Waals surface area contributed by atoms with Crippen molar-refractivity contribution >= 4 is 46.4 Å². The van der Waals surface area contributed by atoms with E-state index in [-0.39, 0.29) is 17.1 Å². The van der Waals surface area contributed by atoms with Crippen molar-refractivity contribution in [3.8, 4) is 0 Å². The molecule has 0 atom stereocenters. The first-order valence-electron chi connectivity index (χ1n) is 6.55. The van der Waals surface area contributed by atoms with Gasteiger partial charge in [0, 0.05) is 32.3 Å². The van der Waals surface area contributed by atoms with Crippen molar-refractivity contribution in [1.29, 1.82) is 0 Å². The molecule has 0 amide bonds. The first-order chi connectivity index (χ1) is 9.68. The van der Waals surface area contributed by atoms with E-state index in [1.165, 1.54) is 10.6 Å². The van der Waals surface area contributed by atoms with E-state index < -0.39 is 9.58 Å². The second-order valence-electron chi connectivity index (χ2n) is 5.39. The highest BCUT2D eigenvalue weighted by atomic mass is 35.6. The molecule has 0 unspecified atom stereocenters. The molecule has 116 valence electrons. The topological polar surface area (TPSA) is 48.3 Å². The maximum Gasteiger partial charge on any atom is 0.255 e. The molecular formula is C14H16Cl3NO3. The Balaban J connectivity index is 2.18. The molecule has 1 heterocycles. The predicted octanol–water partition coefficient (Wildman–Crippen LogP) is 3.72. The van der Waals surface area contributed by atoms with Crippen LogP contribution in [0.3, 0.4) is 0 Å². The Morgan fingerprint density at radius 1 is 1.38 bits per heavy atom. The van der Waals surface area contributed by atoms with Crippen molar-refractivity contribution < 1.29 is 14.3 Å². The molecule has 7 heteroatoms. The molecule has 1 aromatic heterocycles. The van der Waals surface area contributed by atoms with Gasteiger partial charge in [-0.2, -0.15) is 0 Å². The van der Waals surface area contributed by atoms with Crippen molar-refractivity contribution in [1.82, 2.24) is 4.57 Å². The predicted molar refractivity (Wildman–Crippen MR) is 82.6 cm³/mol. The third-order valence-electron chi connectivity index (χ3n) is 4.00. The lowest BCUT2D eigenvalue weighted by molar-refractivity contribution is -0.0704. The van der Waals surface area contributed by atoms with Gasteiger partial charge in [0.05, 0.1) is 11.3 Å². The average molecular weight is 353 g/mol. The van der Waals surface area contributed by atoms with Gasteiger partial charge in [-0.25, -0.2) is 0 Å². The monoisotopic (exact) mass is 351 g/mol. The van der Waals surface area contributed by atoms with Gasteiger partial charge in [-0.1, -0.05) is 34.8 Å². The molecule has 1 fully saturated rings. The van der Waals surface area contributed by atoms with E-state index in [0.717, 1.165) is 19.3 Å². The summed E-state index contributed by atoms with van der Waals surface area (Å²) in [5, 5.41) is 0. The Morgan fingerprint density at radius 2 is 2.00 bits per heavy atom. The minimum Gasteiger partial charge on any atom is -0.378 e. The molecule has 4 nitrogen and oxygen atoms in total. The molecule has 0 aliphatic heterocycles. The lowest BCUT2D eigenvalue weighted by atomic mass is 9.76. The second kappa shape index (κ2) is 5.92. The number of Topliss-reactive ketones (excluding diaryl/α,β-unsaturated/α-hetero) is 2. The Bertz CT molecular complexity index is 565. The second-order valence-corrected chi connectivity index (χ2v) is 7.67. The number of carbonyl (C=O) groups is 2.